The van der Waals surface area contributed by atoms with E-state index in [0.29, 0.717) is 22.5 Å². The summed E-state index contributed by atoms with van der Waals surface area (Å²) in [4.78, 5) is 37.5. The molecule has 6 nitrogen and oxygen atoms in total. The zero-order chi connectivity index (χ0) is 19.8. The van der Waals surface area contributed by atoms with Gasteiger partial charge >= 0.3 is 5.91 Å². The van der Waals surface area contributed by atoms with Crippen LogP contribution in [0.1, 0.15) is 27.0 Å². The molecule has 0 fully saturated rings. The van der Waals surface area contributed by atoms with Crippen molar-refractivity contribution < 1.29 is 14.5 Å². The lowest BCUT2D eigenvalue weighted by atomic mass is 10.0. The molecule has 0 atom stereocenters. The van der Waals surface area contributed by atoms with Crippen LogP contribution in [-0.4, -0.2) is 16.6 Å². The first-order chi connectivity index (χ1) is 13.5. The number of nitro groups is 1. The summed E-state index contributed by atoms with van der Waals surface area (Å²) in [7, 11) is 0. The fourth-order valence-corrected chi connectivity index (χ4v) is 3.51. The third-order valence-electron chi connectivity index (χ3n) is 4.84. The van der Waals surface area contributed by atoms with Crippen LogP contribution in [0.3, 0.4) is 0 Å². The van der Waals surface area contributed by atoms with E-state index in [4.69, 9.17) is 0 Å². The van der Waals surface area contributed by atoms with Crippen LogP contribution in [0.5, 0.6) is 0 Å². The van der Waals surface area contributed by atoms with Crippen molar-refractivity contribution in [1.29, 1.82) is 0 Å². The number of aryl methyl sites for hydroxylation is 1. The molecule has 0 saturated carbocycles. The molecule has 0 unspecified atom stereocenters. The van der Waals surface area contributed by atoms with Crippen LogP contribution in [0, 0.1) is 17.0 Å². The number of nitrogens with zero attached hydrogens (tertiary/aromatic N) is 2. The standard InChI is InChI=1S/C22H16N2O4/c1-14-10-11-20-17(12-14)21(25)22(26)23(20)18-8-4-2-6-15(18)13-16-7-3-5-9-19(16)24(27)28/h2-12H,13H2,1H3. The lowest BCUT2D eigenvalue weighted by Crippen LogP contribution is -2.25. The summed E-state index contributed by atoms with van der Waals surface area (Å²) in [5, 5.41) is 11.3. The van der Waals surface area contributed by atoms with Gasteiger partial charge in [-0.1, -0.05) is 48.0 Å². The molecule has 1 heterocycles. The number of benzene rings is 3. The number of Topliss-reactive ketones (excluding diaryl/α,β-unsaturated/α-hetero) is 1. The van der Waals surface area contributed by atoms with Crippen molar-refractivity contribution in [2.45, 2.75) is 13.3 Å². The minimum absolute atomic E-state index is 0.0251. The van der Waals surface area contributed by atoms with Gasteiger partial charge in [-0.25, -0.2) is 0 Å². The molecule has 0 spiro atoms. The van der Waals surface area contributed by atoms with Gasteiger partial charge < -0.3 is 0 Å². The molecule has 4 rings (SSSR count). The van der Waals surface area contributed by atoms with Crippen molar-refractivity contribution in [3.05, 3.63) is 99.1 Å². The molecule has 1 aliphatic heterocycles. The highest BCUT2D eigenvalue weighted by molar-refractivity contribution is 6.53. The predicted molar refractivity (Wildman–Crippen MR) is 105 cm³/mol. The van der Waals surface area contributed by atoms with Crippen LogP contribution in [0.4, 0.5) is 17.1 Å². The van der Waals surface area contributed by atoms with E-state index in [9.17, 15) is 19.7 Å². The molecule has 6 heteroatoms. The Morgan fingerprint density at radius 2 is 1.57 bits per heavy atom. The number of rotatable bonds is 4. The number of nitro benzene ring substituents is 1. The molecule has 3 aromatic rings. The van der Waals surface area contributed by atoms with E-state index < -0.39 is 16.6 Å². The van der Waals surface area contributed by atoms with E-state index in [1.807, 2.05) is 25.1 Å². The minimum atomic E-state index is -0.615. The third-order valence-corrected chi connectivity index (χ3v) is 4.84. The highest BCUT2D eigenvalue weighted by atomic mass is 16.6. The van der Waals surface area contributed by atoms with Gasteiger partial charge in [-0.05, 0) is 30.7 Å². The smallest absolute Gasteiger partial charge is 0.283 e. The number of anilines is 2. The highest BCUT2D eigenvalue weighted by Crippen LogP contribution is 2.38. The van der Waals surface area contributed by atoms with Crippen LogP contribution < -0.4 is 4.90 Å². The molecule has 138 valence electrons. The summed E-state index contributed by atoms with van der Waals surface area (Å²) < 4.78 is 0. The number of hydrogen-bond acceptors (Lipinski definition) is 4. The van der Waals surface area contributed by atoms with Gasteiger partial charge in [0.2, 0.25) is 0 Å². The molecule has 0 radical (unpaired) electrons. The average molecular weight is 372 g/mol. The van der Waals surface area contributed by atoms with Gasteiger partial charge in [-0.2, -0.15) is 0 Å². The Morgan fingerprint density at radius 3 is 2.32 bits per heavy atom. The summed E-state index contributed by atoms with van der Waals surface area (Å²) in [6, 6.07) is 19.0. The zero-order valence-corrected chi connectivity index (χ0v) is 15.1. The monoisotopic (exact) mass is 372 g/mol. The minimum Gasteiger partial charge on any atom is -0.283 e. The second-order valence-electron chi connectivity index (χ2n) is 6.68. The number of amides is 1. The molecule has 1 aliphatic rings. The Balaban J connectivity index is 1.81. The van der Waals surface area contributed by atoms with E-state index in [-0.39, 0.29) is 12.1 Å². The van der Waals surface area contributed by atoms with E-state index >= 15 is 0 Å². The summed E-state index contributed by atoms with van der Waals surface area (Å²) in [6.45, 7) is 1.86. The molecule has 1 amide bonds. The topological polar surface area (TPSA) is 80.5 Å². The Labute approximate surface area is 161 Å². The van der Waals surface area contributed by atoms with Gasteiger partial charge in [0, 0.05) is 18.1 Å². The predicted octanol–water partition coefficient (Wildman–Crippen LogP) is 4.36. The first kappa shape index (κ1) is 17.6. The molecular weight excluding hydrogens is 356 g/mol. The van der Waals surface area contributed by atoms with Crippen molar-refractivity contribution >= 4 is 28.8 Å². The number of carbonyl (C=O) groups excluding carboxylic acids is 2. The molecule has 3 aromatic carbocycles. The van der Waals surface area contributed by atoms with Gasteiger partial charge in [-0.15, -0.1) is 0 Å². The molecule has 0 aliphatic carbocycles. The maximum Gasteiger partial charge on any atom is 0.304 e. The van der Waals surface area contributed by atoms with Crippen molar-refractivity contribution in [2.24, 2.45) is 0 Å². The second-order valence-corrected chi connectivity index (χ2v) is 6.68. The normalized spacial score (nSPS) is 13.0. The van der Waals surface area contributed by atoms with Crippen molar-refractivity contribution in [3.8, 4) is 0 Å². The number of para-hydroxylation sites is 2. The third kappa shape index (κ3) is 2.85. The number of fused-ring (bicyclic) bond motifs is 1. The van der Waals surface area contributed by atoms with Crippen LogP contribution in [0.25, 0.3) is 0 Å². The van der Waals surface area contributed by atoms with Crippen LogP contribution in [0.2, 0.25) is 0 Å². The SMILES string of the molecule is Cc1ccc2c(c1)C(=O)C(=O)N2c1ccccc1Cc1ccccc1[N+](=O)[O-]. The molecule has 0 saturated heterocycles. The maximum atomic E-state index is 12.7. The first-order valence-corrected chi connectivity index (χ1v) is 8.77. The van der Waals surface area contributed by atoms with Crippen LogP contribution in [-0.2, 0) is 11.2 Å². The van der Waals surface area contributed by atoms with E-state index in [1.165, 1.54) is 11.0 Å². The fraction of sp³-hybridized carbons (Fsp3) is 0.0909. The summed E-state index contributed by atoms with van der Waals surface area (Å²) in [5.41, 5.74) is 3.67. The van der Waals surface area contributed by atoms with Gasteiger partial charge in [-0.3, -0.25) is 24.6 Å². The number of carbonyl (C=O) groups is 2. The van der Waals surface area contributed by atoms with Crippen molar-refractivity contribution in [3.63, 3.8) is 0 Å². The van der Waals surface area contributed by atoms with Gasteiger partial charge in [0.05, 0.1) is 21.9 Å². The van der Waals surface area contributed by atoms with E-state index in [1.54, 1.807) is 42.5 Å². The quantitative estimate of drug-likeness (QED) is 0.387. The van der Waals surface area contributed by atoms with Crippen molar-refractivity contribution in [2.75, 3.05) is 4.90 Å². The molecule has 0 bridgehead atoms. The maximum absolute atomic E-state index is 12.7. The summed E-state index contributed by atoms with van der Waals surface area (Å²) in [6.07, 6.45) is 0.270. The fourth-order valence-electron chi connectivity index (χ4n) is 3.51. The second kappa shape index (κ2) is 6.74. The largest absolute Gasteiger partial charge is 0.304 e. The Kier molecular flexibility index (Phi) is 4.24. The molecule has 28 heavy (non-hydrogen) atoms. The van der Waals surface area contributed by atoms with Gasteiger partial charge in [0.1, 0.15) is 0 Å². The Bertz CT molecular complexity index is 1140. The number of hydrogen-bond donors (Lipinski definition) is 0. The molecule has 0 N–H and O–H groups in total. The summed E-state index contributed by atoms with van der Waals surface area (Å²) in [5.74, 6) is -1.16. The van der Waals surface area contributed by atoms with Gasteiger partial charge in [0.25, 0.3) is 11.5 Å². The number of ketones is 1. The van der Waals surface area contributed by atoms with Crippen LogP contribution in [0.15, 0.2) is 66.7 Å². The highest BCUT2D eigenvalue weighted by Gasteiger charge is 2.37. The zero-order valence-electron chi connectivity index (χ0n) is 15.1. The average Bonchev–Trinajstić information content (AvgIpc) is 2.93. The Morgan fingerprint density at radius 1 is 0.893 bits per heavy atom. The molecule has 0 aromatic heterocycles. The first-order valence-electron chi connectivity index (χ1n) is 8.77. The Hall–Kier alpha value is -3.80. The summed E-state index contributed by atoms with van der Waals surface area (Å²) >= 11 is 0. The molecular formula is C22H16N2O4. The lowest BCUT2D eigenvalue weighted by molar-refractivity contribution is -0.385. The van der Waals surface area contributed by atoms with Gasteiger partial charge in [0.15, 0.2) is 0 Å². The van der Waals surface area contributed by atoms with Crippen LogP contribution >= 0.6 is 0 Å². The van der Waals surface area contributed by atoms with E-state index in [2.05, 4.69) is 0 Å². The van der Waals surface area contributed by atoms with E-state index in [0.717, 1.165) is 11.1 Å². The lowest BCUT2D eigenvalue weighted by Gasteiger charge is -2.20. The van der Waals surface area contributed by atoms with Crippen molar-refractivity contribution in [1.82, 2.24) is 0 Å².